The van der Waals surface area contributed by atoms with Crippen LogP contribution in [0, 0.1) is 0 Å². The van der Waals surface area contributed by atoms with Crippen molar-refractivity contribution in [2.75, 3.05) is 11.4 Å². The van der Waals surface area contributed by atoms with Gasteiger partial charge >= 0.3 is 0 Å². The molecule has 0 radical (unpaired) electrons. The number of aryl methyl sites for hydroxylation is 1. The number of hydrogen-bond acceptors (Lipinski definition) is 5. The van der Waals surface area contributed by atoms with Crippen LogP contribution < -0.4 is 10.2 Å². The van der Waals surface area contributed by atoms with Crippen LogP contribution >= 0.6 is 0 Å². The zero-order valence-electron chi connectivity index (χ0n) is 16.9. The molecular formula is C22H26N6O. The van der Waals surface area contributed by atoms with E-state index in [1.807, 2.05) is 12.3 Å². The highest BCUT2D eigenvalue weighted by Gasteiger charge is 2.30. The van der Waals surface area contributed by atoms with Crippen LogP contribution in [0.2, 0.25) is 0 Å². The minimum Gasteiger partial charge on any atom is -0.348 e. The molecule has 1 saturated heterocycles. The summed E-state index contributed by atoms with van der Waals surface area (Å²) in [4.78, 5) is 25.1. The number of carbonyl (C=O) groups is 1. The molecule has 7 nitrogen and oxygen atoms in total. The fourth-order valence-corrected chi connectivity index (χ4v) is 4.50. The number of nitrogens with one attached hydrogen (secondary N) is 1. The largest absolute Gasteiger partial charge is 0.348 e. The Kier molecular flexibility index (Phi) is 4.26. The van der Waals surface area contributed by atoms with Crippen LogP contribution in [-0.4, -0.2) is 37.6 Å². The average Bonchev–Trinajstić information content (AvgIpc) is 3.33. The second-order valence-electron chi connectivity index (χ2n) is 8.71. The van der Waals surface area contributed by atoms with E-state index in [0.29, 0.717) is 11.2 Å². The van der Waals surface area contributed by atoms with E-state index in [1.165, 1.54) is 0 Å². The molecule has 1 amide bonds. The monoisotopic (exact) mass is 390 g/mol. The normalized spacial score (nSPS) is 21.5. The van der Waals surface area contributed by atoms with E-state index in [1.54, 1.807) is 10.7 Å². The lowest BCUT2D eigenvalue weighted by Gasteiger charge is -2.26. The van der Waals surface area contributed by atoms with E-state index in [2.05, 4.69) is 47.4 Å². The molecule has 0 aromatic carbocycles. The van der Waals surface area contributed by atoms with E-state index >= 15 is 0 Å². The number of rotatable bonds is 0. The van der Waals surface area contributed by atoms with E-state index in [-0.39, 0.29) is 17.5 Å². The van der Waals surface area contributed by atoms with Gasteiger partial charge in [0.1, 0.15) is 11.4 Å². The summed E-state index contributed by atoms with van der Waals surface area (Å²) in [5, 5.41) is 7.50. The summed E-state index contributed by atoms with van der Waals surface area (Å²) in [5.74, 6) is 0.747. The molecule has 3 aromatic rings. The maximum absolute atomic E-state index is 13.0. The summed E-state index contributed by atoms with van der Waals surface area (Å²) in [6.45, 7) is 5.06. The number of pyridine rings is 1. The maximum Gasteiger partial charge on any atom is 0.257 e. The Labute approximate surface area is 170 Å². The highest BCUT2D eigenvalue weighted by molar-refractivity contribution is 6.00. The minimum atomic E-state index is -0.319. The third-order valence-corrected chi connectivity index (χ3v) is 6.00. The van der Waals surface area contributed by atoms with Crippen molar-refractivity contribution in [1.29, 1.82) is 0 Å². The number of hydrogen-bond donors (Lipinski definition) is 1. The van der Waals surface area contributed by atoms with E-state index in [9.17, 15) is 4.79 Å². The zero-order valence-corrected chi connectivity index (χ0v) is 16.9. The Morgan fingerprint density at radius 3 is 2.97 bits per heavy atom. The molecule has 3 aromatic heterocycles. The number of fused-ring (bicyclic) bond motifs is 6. The fraction of sp³-hybridized carbons (Fsp3) is 0.455. The summed E-state index contributed by atoms with van der Waals surface area (Å²) >= 11 is 0. The molecule has 4 bridgehead atoms. The summed E-state index contributed by atoms with van der Waals surface area (Å²) in [6, 6.07) is 8.54. The molecule has 0 aliphatic carbocycles. The first-order chi connectivity index (χ1) is 14.0. The average molecular weight is 390 g/mol. The molecule has 7 heteroatoms. The smallest absolute Gasteiger partial charge is 0.257 e. The van der Waals surface area contributed by atoms with E-state index in [0.717, 1.165) is 55.9 Å². The molecule has 1 fully saturated rings. The van der Waals surface area contributed by atoms with Crippen molar-refractivity contribution in [3.63, 3.8) is 0 Å². The first-order valence-corrected chi connectivity index (χ1v) is 10.4. The molecule has 29 heavy (non-hydrogen) atoms. The molecular weight excluding hydrogens is 364 g/mol. The second-order valence-corrected chi connectivity index (χ2v) is 8.71. The van der Waals surface area contributed by atoms with Gasteiger partial charge in [-0.3, -0.25) is 9.78 Å². The SMILES string of the molecule is CC1(C)CCCc2cccc(n2)C2CCCN2c2ccn3ncc(c3n2)C(=O)N1. The lowest BCUT2D eigenvalue weighted by atomic mass is 9.96. The van der Waals surface area contributed by atoms with Crippen molar-refractivity contribution in [2.45, 2.75) is 57.5 Å². The number of carbonyl (C=O) groups excluding carboxylic acids is 1. The molecule has 2 aliphatic rings. The molecule has 150 valence electrons. The third-order valence-electron chi connectivity index (χ3n) is 6.00. The maximum atomic E-state index is 13.0. The van der Waals surface area contributed by atoms with E-state index < -0.39 is 0 Å². The lowest BCUT2D eigenvalue weighted by Crippen LogP contribution is -2.43. The Morgan fingerprint density at radius 2 is 2.07 bits per heavy atom. The van der Waals surface area contributed by atoms with Crippen molar-refractivity contribution < 1.29 is 4.79 Å². The summed E-state index contributed by atoms with van der Waals surface area (Å²) in [5.41, 5.74) is 3.02. The number of anilines is 1. The molecule has 1 atom stereocenters. The first kappa shape index (κ1) is 18.1. The van der Waals surface area contributed by atoms with Crippen LogP contribution in [0.4, 0.5) is 5.82 Å². The van der Waals surface area contributed by atoms with Crippen molar-refractivity contribution in [3.05, 3.63) is 53.6 Å². The van der Waals surface area contributed by atoms with Crippen LogP contribution in [0.15, 0.2) is 36.7 Å². The van der Waals surface area contributed by atoms with Gasteiger partial charge in [-0.15, -0.1) is 0 Å². The predicted molar refractivity (Wildman–Crippen MR) is 111 cm³/mol. The quantitative estimate of drug-likeness (QED) is 0.637. The van der Waals surface area contributed by atoms with Crippen LogP contribution in [-0.2, 0) is 6.42 Å². The standard InChI is InChI=1S/C22H26N6O/c1-22(2)11-4-7-15-6-3-8-17(24-15)18-9-5-12-27(18)19-10-13-28-20(25-19)16(14-23-28)21(29)26-22/h3,6,8,10,13-14,18H,4-5,7,9,11-12H2,1-2H3,(H,26,29). The van der Waals surface area contributed by atoms with Gasteiger partial charge in [0.2, 0.25) is 0 Å². The number of aromatic nitrogens is 4. The molecule has 1 N–H and O–H groups in total. The minimum absolute atomic E-state index is 0.124. The van der Waals surface area contributed by atoms with Gasteiger partial charge in [0.05, 0.1) is 17.9 Å². The molecule has 0 spiro atoms. The van der Waals surface area contributed by atoms with Gasteiger partial charge in [0.15, 0.2) is 5.65 Å². The molecule has 0 saturated carbocycles. The van der Waals surface area contributed by atoms with Gasteiger partial charge in [0.25, 0.3) is 5.91 Å². The summed E-state index contributed by atoms with van der Waals surface area (Å²) < 4.78 is 1.67. The van der Waals surface area contributed by atoms with Gasteiger partial charge in [-0.25, -0.2) is 9.50 Å². The van der Waals surface area contributed by atoms with Gasteiger partial charge in [0, 0.05) is 24.0 Å². The number of amides is 1. The Morgan fingerprint density at radius 1 is 1.17 bits per heavy atom. The zero-order chi connectivity index (χ0) is 20.0. The topological polar surface area (TPSA) is 75.4 Å². The molecule has 5 heterocycles. The lowest BCUT2D eigenvalue weighted by molar-refractivity contribution is 0.0910. The Balaban J connectivity index is 1.64. The van der Waals surface area contributed by atoms with Crippen molar-refractivity contribution in [1.82, 2.24) is 24.9 Å². The molecule has 1 unspecified atom stereocenters. The van der Waals surface area contributed by atoms with Crippen LogP contribution in [0.3, 0.4) is 0 Å². The van der Waals surface area contributed by atoms with Gasteiger partial charge in [-0.2, -0.15) is 5.10 Å². The van der Waals surface area contributed by atoms with Crippen LogP contribution in [0.5, 0.6) is 0 Å². The van der Waals surface area contributed by atoms with Crippen molar-refractivity contribution in [3.8, 4) is 0 Å². The van der Waals surface area contributed by atoms with Crippen molar-refractivity contribution in [2.24, 2.45) is 0 Å². The first-order valence-electron chi connectivity index (χ1n) is 10.4. The molecule has 5 rings (SSSR count). The van der Waals surface area contributed by atoms with Gasteiger partial charge in [-0.05, 0) is 64.2 Å². The van der Waals surface area contributed by atoms with E-state index in [4.69, 9.17) is 9.97 Å². The Hall–Kier alpha value is -2.96. The highest BCUT2D eigenvalue weighted by Crippen LogP contribution is 2.35. The summed E-state index contributed by atoms with van der Waals surface area (Å²) in [6.07, 6.45) is 8.40. The second kappa shape index (κ2) is 6.83. The predicted octanol–water partition coefficient (Wildman–Crippen LogP) is 3.31. The fourth-order valence-electron chi connectivity index (χ4n) is 4.50. The van der Waals surface area contributed by atoms with Gasteiger partial charge in [-0.1, -0.05) is 6.07 Å². The van der Waals surface area contributed by atoms with Crippen molar-refractivity contribution >= 4 is 17.4 Å². The van der Waals surface area contributed by atoms with Gasteiger partial charge < -0.3 is 10.2 Å². The number of nitrogens with zero attached hydrogens (tertiary/aromatic N) is 5. The van der Waals surface area contributed by atoms with Crippen LogP contribution in [0.25, 0.3) is 5.65 Å². The van der Waals surface area contributed by atoms with Crippen LogP contribution in [0.1, 0.15) is 67.3 Å². The third kappa shape index (κ3) is 3.34. The molecule has 2 aliphatic heterocycles. The highest BCUT2D eigenvalue weighted by atomic mass is 16.1. The summed E-state index contributed by atoms with van der Waals surface area (Å²) in [7, 11) is 0. The Bertz CT molecular complexity index is 1070.